The Labute approximate surface area is 121 Å². The molecule has 1 atom stereocenters. The fourth-order valence-corrected chi connectivity index (χ4v) is 2.42. The maximum atomic E-state index is 8.69. The zero-order valence-electron chi connectivity index (χ0n) is 11.6. The molecule has 0 fully saturated rings. The average molecular weight is 289 g/mol. The van der Waals surface area contributed by atoms with Crippen LogP contribution >= 0.6 is 11.3 Å². The van der Waals surface area contributed by atoms with Gasteiger partial charge in [0.2, 0.25) is 0 Å². The van der Waals surface area contributed by atoms with Gasteiger partial charge in [0.15, 0.2) is 5.69 Å². The highest BCUT2D eigenvalue weighted by atomic mass is 32.1. The van der Waals surface area contributed by atoms with Crippen LogP contribution in [-0.4, -0.2) is 29.1 Å². The van der Waals surface area contributed by atoms with Gasteiger partial charge in [0.1, 0.15) is 23.0 Å². The molecule has 0 bridgehead atoms. The molecule has 2 aromatic heterocycles. The van der Waals surface area contributed by atoms with Crippen LogP contribution in [0.3, 0.4) is 0 Å². The third-order valence-electron chi connectivity index (χ3n) is 2.81. The lowest BCUT2D eigenvalue weighted by Gasteiger charge is -2.16. The molecule has 7 heteroatoms. The molecule has 1 unspecified atom stereocenters. The van der Waals surface area contributed by atoms with Crippen molar-refractivity contribution in [2.24, 2.45) is 0 Å². The molecule has 0 N–H and O–H groups in total. The Morgan fingerprint density at radius 1 is 1.45 bits per heavy atom. The first kappa shape index (κ1) is 14.4. The third kappa shape index (κ3) is 3.29. The van der Waals surface area contributed by atoms with Gasteiger partial charge in [-0.25, -0.2) is 15.0 Å². The van der Waals surface area contributed by atoms with Gasteiger partial charge in [-0.3, -0.25) is 0 Å². The molecule has 0 aliphatic rings. The molecule has 0 radical (unpaired) electrons. The normalized spacial score (nSPS) is 11.9. The summed E-state index contributed by atoms with van der Waals surface area (Å²) in [6.07, 6.45) is 3.06. The fraction of sp³-hybridized carbons (Fsp3) is 0.385. The van der Waals surface area contributed by atoms with Crippen molar-refractivity contribution < 1.29 is 4.74 Å². The number of thiazole rings is 1. The van der Waals surface area contributed by atoms with Gasteiger partial charge in [-0.1, -0.05) is 0 Å². The molecule has 6 nitrogen and oxygen atoms in total. The Balaban J connectivity index is 2.05. The highest BCUT2D eigenvalue weighted by Crippen LogP contribution is 2.21. The van der Waals surface area contributed by atoms with Gasteiger partial charge in [-0.05, 0) is 6.92 Å². The fourth-order valence-electron chi connectivity index (χ4n) is 1.58. The van der Waals surface area contributed by atoms with E-state index in [1.165, 1.54) is 6.20 Å². The van der Waals surface area contributed by atoms with Crippen molar-refractivity contribution in [3.8, 4) is 6.07 Å². The number of methoxy groups -OCH3 is 1. The number of hydrogen-bond acceptors (Lipinski definition) is 7. The number of aromatic nitrogens is 3. The molecule has 0 aliphatic heterocycles. The zero-order valence-corrected chi connectivity index (χ0v) is 12.4. The van der Waals surface area contributed by atoms with Crippen LogP contribution in [-0.2, 0) is 11.3 Å². The quantitative estimate of drug-likeness (QED) is 0.839. The molecule has 0 saturated carbocycles. The first-order valence-corrected chi connectivity index (χ1v) is 6.92. The van der Waals surface area contributed by atoms with Crippen molar-refractivity contribution in [2.75, 3.05) is 19.1 Å². The van der Waals surface area contributed by atoms with Gasteiger partial charge < -0.3 is 9.64 Å². The summed E-state index contributed by atoms with van der Waals surface area (Å²) < 4.78 is 5.25. The standard InChI is InChI=1S/C13H15N5OS/c1-9(19-3)13-17-11(8-20-13)7-18(2)12-6-15-10(4-14)5-16-12/h5-6,8-9H,7H2,1-3H3. The second-order valence-corrected chi connectivity index (χ2v) is 5.17. The predicted octanol–water partition coefficient (Wildman–Crippen LogP) is 2.15. The Hall–Kier alpha value is -2.04. The summed E-state index contributed by atoms with van der Waals surface area (Å²) in [7, 11) is 3.58. The summed E-state index contributed by atoms with van der Waals surface area (Å²) in [6, 6.07) is 1.95. The van der Waals surface area contributed by atoms with E-state index in [9.17, 15) is 0 Å². The van der Waals surface area contributed by atoms with Crippen LogP contribution in [0.1, 0.15) is 29.4 Å². The van der Waals surface area contributed by atoms with E-state index < -0.39 is 0 Å². The molecule has 20 heavy (non-hydrogen) atoms. The monoisotopic (exact) mass is 289 g/mol. The predicted molar refractivity (Wildman–Crippen MR) is 76.4 cm³/mol. The minimum atomic E-state index is 0.00811. The Kier molecular flexibility index (Phi) is 4.61. The number of hydrogen-bond donors (Lipinski definition) is 0. The Morgan fingerprint density at radius 2 is 2.25 bits per heavy atom. The lowest BCUT2D eigenvalue weighted by Crippen LogP contribution is -2.18. The van der Waals surface area contributed by atoms with Crippen molar-refractivity contribution in [2.45, 2.75) is 19.6 Å². The van der Waals surface area contributed by atoms with E-state index in [4.69, 9.17) is 10.00 Å². The maximum absolute atomic E-state index is 8.69. The molecule has 104 valence electrons. The molecular weight excluding hydrogens is 274 g/mol. The number of ether oxygens (including phenoxy) is 1. The van der Waals surface area contributed by atoms with E-state index in [-0.39, 0.29) is 6.10 Å². The van der Waals surface area contributed by atoms with E-state index in [0.29, 0.717) is 18.1 Å². The molecule has 2 heterocycles. The molecule has 2 aromatic rings. The minimum Gasteiger partial charge on any atom is -0.375 e. The van der Waals surface area contributed by atoms with Gasteiger partial charge in [-0.15, -0.1) is 11.3 Å². The van der Waals surface area contributed by atoms with E-state index in [0.717, 1.165) is 10.7 Å². The van der Waals surface area contributed by atoms with Crippen LogP contribution in [0.5, 0.6) is 0 Å². The van der Waals surface area contributed by atoms with Crippen molar-refractivity contribution >= 4 is 17.2 Å². The van der Waals surface area contributed by atoms with Gasteiger partial charge in [0.05, 0.1) is 24.6 Å². The van der Waals surface area contributed by atoms with E-state index in [2.05, 4.69) is 15.0 Å². The second kappa shape index (κ2) is 6.41. The summed E-state index contributed by atoms with van der Waals surface area (Å²) in [6.45, 7) is 2.60. The summed E-state index contributed by atoms with van der Waals surface area (Å²) in [4.78, 5) is 14.7. The molecule has 0 amide bonds. The van der Waals surface area contributed by atoms with Gasteiger partial charge in [-0.2, -0.15) is 5.26 Å². The van der Waals surface area contributed by atoms with Crippen molar-refractivity contribution in [3.05, 3.63) is 34.2 Å². The number of nitriles is 1. The number of nitrogens with zero attached hydrogens (tertiary/aromatic N) is 5. The molecule has 2 rings (SSSR count). The number of anilines is 1. The smallest absolute Gasteiger partial charge is 0.158 e. The van der Waals surface area contributed by atoms with E-state index in [1.54, 1.807) is 24.6 Å². The highest BCUT2D eigenvalue weighted by Gasteiger charge is 2.11. The maximum Gasteiger partial charge on any atom is 0.158 e. The second-order valence-electron chi connectivity index (χ2n) is 4.28. The van der Waals surface area contributed by atoms with Gasteiger partial charge in [0, 0.05) is 19.5 Å². The molecule has 0 aliphatic carbocycles. The lowest BCUT2D eigenvalue weighted by atomic mass is 10.4. The van der Waals surface area contributed by atoms with Crippen LogP contribution in [0.2, 0.25) is 0 Å². The van der Waals surface area contributed by atoms with Crippen LogP contribution in [0, 0.1) is 11.3 Å². The molecule has 0 spiro atoms. The molecular formula is C13H15N5OS. The largest absolute Gasteiger partial charge is 0.375 e. The first-order chi connectivity index (χ1) is 9.63. The highest BCUT2D eigenvalue weighted by molar-refractivity contribution is 7.09. The lowest BCUT2D eigenvalue weighted by molar-refractivity contribution is 0.119. The van der Waals surface area contributed by atoms with Crippen LogP contribution in [0.25, 0.3) is 0 Å². The van der Waals surface area contributed by atoms with Crippen LogP contribution in [0.4, 0.5) is 5.82 Å². The van der Waals surface area contributed by atoms with Crippen molar-refractivity contribution in [3.63, 3.8) is 0 Å². The first-order valence-electron chi connectivity index (χ1n) is 6.04. The van der Waals surface area contributed by atoms with E-state index >= 15 is 0 Å². The summed E-state index contributed by atoms with van der Waals surface area (Å²) >= 11 is 1.58. The SMILES string of the molecule is COC(C)c1nc(CN(C)c2cnc(C#N)cn2)cs1. The summed E-state index contributed by atoms with van der Waals surface area (Å²) in [5.41, 5.74) is 1.27. The Bertz CT molecular complexity index is 604. The van der Waals surface area contributed by atoms with Crippen LogP contribution in [0.15, 0.2) is 17.8 Å². The van der Waals surface area contributed by atoms with Crippen molar-refractivity contribution in [1.82, 2.24) is 15.0 Å². The Morgan fingerprint density at radius 3 is 2.85 bits per heavy atom. The minimum absolute atomic E-state index is 0.00811. The number of rotatable bonds is 5. The summed E-state index contributed by atoms with van der Waals surface area (Å²) in [5, 5.41) is 11.7. The topological polar surface area (TPSA) is 74.9 Å². The average Bonchev–Trinajstić information content (AvgIpc) is 2.95. The van der Waals surface area contributed by atoms with Gasteiger partial charge in [0.25, 0.3) is 0 Å². The molecule has 0 aromatic carbocycles. The van der Waals surface area contributed by atoms with E-state index in [1.807, 2.05) is 30.3 Å². The van der Waals surface area contributed by atoms with Gasteiger partial charge >= 0.3 is 0 Å². The molecule has 0 saturated heterocycles. The van der Waals surface area contributed by atoms with Crippen molar-refractivity contribution in [1.29, 1.82) is 5.26 Å². The zero-order chi connectivity index (χ0) is 14.5. The third-order valence-corrected chi connectivity index (χ3v) is 3.87. The van der Waals surface area contributed by atoms with Crippen LogP contribution < -0.4 is 4.90 Å². The summed E-state index contributed by atoms with van der Waals surface area (Å²) in [5.74, 6) is 0.707.